The molecule has 1 aliphatic heterocycles. The molecule has 0 bridgehead atoms. The molecule has 124 valence electrons. The Morgan fingerprint density at radius 2 is 2.09 bits per heavy atom. The van der Waals surface area contributed by atoms with E-state index in [4.69, 9.17) is 0 Å². The number of rotatable bonds is 4. The molecule has 0 saturated carbocycles. The van der Waals surface area contributed by atoms with Crippen molar-refractivity contribution >= 4 is 36.5 Å². The van der Waals surface area contributed by atoms with Gasteiger partial charge in [-0.15, -0.1) is 0 Å². The minimum atomic E-state index is -2.91. The molecule has 6 heteroatoms. The molecule has 1 N–H and O–H groups in total. The Kier molecular flexibility index (Phi) is 4.67. The van der Waals surface area contributed by atoms with Crippen LogP contribution in [0.2, 0.25) is 0 Å². The maximum Gasteiger partial charge on any atom is 0.151 e. The van der Waals surface area contributed by atoms with E-state index in [0.717, 1.165) is 27.4 Å². The van der Waals surface area contributed by atoms with E-state index in [1.165, 1.54) is 0 Å². The van der Waals surface area contributed by atoms with Crippen LogP contribution in [-0.4, -0.2) is 42.5 Å². The lowest BCUT2D eigenvalue weighted by molar-refractivity contribution is 0.213. The minimum Gasteiger partial charge on any atom is -0.508 e. The van der Waals surface area contributed by atoms with Crippen molar-refractivity contribution in [2.45, 2.75) is 25.9 Å². The van der Waals surface area contributed by atoms with Gasteiger partial charge in [0.15, 0.2) is 9.84 Å². The zero-order valence-electron chi connectivity index (χ0n) is 13.0. The fraction of sp³-hybridized carbons (Fsp3) is 0.412. The Balaban J connectivity index is 1.95. The van der Waals surface area contributed by atoms with E-state index in [-0.39, 0.29) is 23.3 Å². The molecule has 23 heavy (non-hydrogen) atoms. The van der Waals surface area contributed by atoms with Gasteiger partial charge in [-0.2, -0.15) is 0 Å². The minimum absolute atomic E-state index is 0.0371. The lowest BCUT2D eigenvalue weighted by atomic mass is 10.0. The summed E-state index contributed by atoms with van der Waals surface area (Å²) in [6.45, 7) is 3.34. The summed E-state index contributed by atoms with van der Waals surface area (Å²) in [7, 11) is -2.91. The van der Waals surface area contributed by atoms with Crippen LogP contribution in [0.1, 0.15) is 18.9 Å². The third-order valence-corrected chi connectivity index (χ3v) is 6.80. The molecule has 0 aliphatic carbocycles. The number of fused-ring (bicyclic) bond motifs is 1. The topological polar surface area (TPSA) is 57.6 Å². The van der Waals surface area contributed by atoms with Crippen molar-refractivity contribution in [3.05, 3.63) is 40.4 Å². The van der Waals surface area contributed by atoms with Crippen molar-refractivity contribution in [1.29, 1.82) is 0 Å². The van der Waals surface area contributed by atoms with Crippen LogP contribution >= 0.6 is 15.9 Å². The number of phenols is 1. The van der Waals surface area contributed by atoms with Crippen molar-refractivity contribution in [1.82, 2.24) is 4.90 Å². The normalized spacial score (nSPS) is 20.4. The van der Waals surface area contributed by atoms with Crippen molar-refractivity contribution in [2.75, 3.05) is 18.1 Å². The Labute approximate surface area is 145 Å². The molecule has 2 aromatic rings. The zero-order valence-corrected chi connectivity index (χ0v) is 15.4. The quantitative estimate of drug-likeness (QED) is 0.859. The Morgan fingerprint density at radius 1 is 1.30 bits per heavy atom. The molecule has 0 spiro atoms. The Hall–Kier alpha value is -1.11. The number of benzene rings is 2. The fourth-order valence-electron chi connectivity index (χ4n) is 3.29. The first kappa shape index (κ1) is 16.7. The lowest BCUT2D eigenvalue weighted by Crippen LogP contribution is -2.35. The standard InChI is InChI=1S/C17H20BrNO3S/c1-2-19(14-7-8-23(21,22)11-14)10-16-15-5-4-13(18)9-12(15)3-6-17(16)20/h3-6,9,14,20H,2,7-8,10-11H2,1H3/t14-/m0/s1. The van der Waals surface area contributed by atoms with Gasteiger partial charge in [-0.1, -0.05) is 35.0 Å². The van der Waals surface area contributed by atoms with Crippen LogP contribution in [0.25, 0.3) is 10.8 Å². The summed E-state index contributed by atoms with van der Waals surface area (Å²) in [5.41, 5.74) is 0.862. The van der Waals surface area contributed by atoms with Crippen molar-refractivity contribution in [3.8, 4) is 5.75 Å². The van der Waals surface area contributed by atoms with E-state index in [9.17, 15) is 13.5 Å². The third-order valence-electron chi connectivity index (χ3n) is 4.56. The molecule has 0 radical (unpaired) electrons. The number of aromatic hydroxyl groups is 1. The van der Waals surface area contributed by atoms with Crippen LogP contribution in [0.3, 0.4) is 0 Å². The monoisotopic (exact) mass is 397 g/mol. The second-order valence-corrected chi connectivity index (χ2v) is 9.19. The summed E-state index contributed by atoms with van der Waals surface area (Å²) in [5, 5.41) is 12.4. The van der Waals surface area contributed by atoms with Crippen LogP contribution in [0.4, 0.5) is 0 Å². The van der Waals surface area contributed by atoms with Gasteiger partial charge in [0, 0.05) is 22.6 Å². The lowest BCUT2D eigenvalue weighted by Gasteiger charge is -2.27. The number of nitrogens with zero attached hydrogens (tertiary/aromatic N) is 1. The molecular formula is C17H20BrNO3S. The summed E-state index contributed by atoms with van der Waals surface area (Å²) in [4.78, 5) is 2.15. The highest BCUT2D eigenvalue weighted by Crippen LogP contribution is 2.31. The smallest absolute Gasteiger partial charge is 0.151 e. The van der Waals surface area contributed by atoms with Gasteiger partial charge in [0.25, 0.3) is 0 Å². The van der Waals surface area contributed by atoms with E-state index in [0.29, 0.717) is 13.0 Å². The highest BCUT2D eigenvalue weighted by atomic mass is 79.9. The highest BCUT2D eigenvalue weighted by Gasteiger charge is 2.32. The summed E-state index contributed by atoms with van der Waals surface area (Å²) in [5.74, 6) is 0.750. The first-order valence-corrected chi connectivity index (χ1v) is 10.4. The second-order valence-electron chi connectivity index (χ2n) is 6.05. The van der Waals surface area contributed by atoms with Crippen LogP contribution < -0.4 is 0 Å². The van der Waals surface area contributed by atoms with Crippen molar-refractivity contribution < 1.29 is 13.5 Å². The second kappa shape index (κ2) is 6.42. The predicted molar refractivity (Wildman–Crippen MR) is 96.5 cm³/mol. The van der Waals surface area contributed by atoms with Crippen LogP contribution in [0.5, 0.6) is 5.75 Å². The van der Waals surface area contributed by atoms with E-state index < -0.39 is 9.84 Å². The van der Waals surface area contributed by atoms with Gasteiger partial charge < -0.3 is 5.11 Å². The number of halogens is 1. The summed E-state index contributed by atoms with van der Waals surface area (Å²) >= 11 is 3.47. The molecule has 3 rings (SSSR count). The number of sulfone groups is 1. The van der Waals surface area contributed by atoms with Gasteiger partial charge in [0.2, 0.25) is 0 Å². The maximum absolute atomic E-state index is 11.7. The predicted octanol–water partition coefficient (Wildman–Crippen LogP) is 3.32. The average molecular weight is 398 g/mol. The molecule has 2 aromatic carbocycles. The summed E-state index contributed by atoms with van der Waals surface area (Å²) in [6.07, 6.45) is 0.674. The van der Waals surface area contributed by atoms with Gasteiger partial charge in [-0.05, 0) is 41.9 Å². The van der Waals surface area contributed by atoms with Crippen molar-refractivity contribution in [2.24, 2.45) is 0 Å². The third kappa shape index (κ3) is 3.54. The highest BCUT2D eigenvalue weighted by molar-refractivity contribution is 9.10. The molecule has 4 nitrogen and oxygen atoms in total. The zero-order chi connectivity index (χ0) is 16.6. The molecule has 1 atom stereocenters. The van der Waals surface area contributed by atoms with E-state index >= 15 is 0 Å². The molecule has 0 aromatic heterocycles. The number of hydrogen-bond donors (Lipinski definition) is 1. The van der Waals surface area contributed by atoms with E-state index in [1.807, 2.05) is 31.2 Å². The number of hydrogen-bond acceptors (Lipinski definition) is 4. The van der Waals surface area contributed by atoms with Gasteiger partial charge >= 0.3 is 0 Å². The van der Waals surface area contributed by atoms with E-state index in [1.54, 1.807) is 6.07 Å². The van der Waals surface area contributed by atoms with Crippen LogP contribution in [0, 0.1) is 0 Å². The summed E-state index contributed by atoms with van der Waals surface area (Å²) < 4.78 is 24.5. The van der Waals surface area contributed by atoms with Crippen LogP contribution in [-0.2, 0) is 16.4 Å². The molecule has 1 saturated heterocycles. The van der Waals surface area contributed by atoms with Gasteiger partial charge in [-0.25, -0.2) is 8.42 Å². The van der Waals surface area contributed by atoms with Gasteiger partial charge in [0.05, 0.1) is 11.5 Å². The van der Waals surface area contributed by atoms with E-state index in [2.05, 4.69) is 20.8 Å². The van der Waals surface area contributed by atoms with Crippen molar-refractivity contribution in [3.63, 3.8) is 0 Å². The molecule has 1 aliphatic rings. The van der Waals surface area contributed by atoms with Crippen LogP contribution in [0.15, 0.2) is 34.8 Å². The van der Waals surface area contributed by atoms with Gasteiger partial charge in [0.1, 0.15) is 5.75 Å². The molecular weight excluding hydrogens is 378 g/mol. The summed E-state index contributed by atoms with van der Waals surface area (Å²) in [6, 6.07) is 9.62. The molecule has 0 amide bonds. The molecule has 1 heterocycles. The number of phenolic OH excluding ortho intramolecular Hbond substituents is 1. The Bertz CT molecular complexity index is 835. The first-order valence-electron chi connectivity index (χ1n) is 7.74. The fourth-order valence-corrected chi connectivity index (χ4v) is 5.43. The van der Waals surface area contributed by atoms with Gasteiger partial charge in [-0.3, -0.25) is 4.90 Å². The molecule has 1 fully saturated rings. The largest absolute Gasteiger partial charge is 0.508 e. The first-order chi connectivity index (χ1) is 10.9. The Morgan fingerprint density at radius 3 is 2.74 bits per heavy atom. The molecule has 0 unspecified atom stereocenters. The maximum atomic E-state index is 11.7. The SMILES string of the molecule is CCN(Cc1c(O)ccc2cc(Br)ccc12)[C@H]1CCS(=O)(=O)C1. The average Bonchev–Trinajstić information content (AvgIpc) is 2.86.